The van der Waals surface area contributed by atoms with Gasteiger partial charge in [-0.15, -0.1) is 0 Å². The molecule has 63 heavy (non-hydrogen) atoms. The van der Waals surface area contributed by atoms with Crippen LogP contribution in [0.25, 0.3) is 0 Å². The van der Waals surface area contributed by atoms with Crippen LogP contribution in [0.15, 0.2) is 212 Å². The fraction of sp³-hybridized carbons (Fsp3) is 0.0455. The molecule has 0 amide bonds. The zero-order valence-electron chi connectivity index (χ0n) is 33.5. The molecule has 11 nitrogen and oxygen atoms in total. The Kier molecular flexibility index (Phi) is 8.82. The van der Waals surface area contributed by atoms with Crippen molar-refractivity contribution >= 4 is 103 Å². The van der Waals surface area contributed by atoms with Gasteiger partial charge in [-0.1, -0.05) is 212 Å². The highest BCUT2D eigenvalue weighted by Gasteiger charge is 3.04. The van der Waals surface area contributed by atoms with Crippen molar-refractivity contribution in [2.75, 3.05) is 0 Å². The number of fused-ring (bicyclic) bond motifs is 3. The third-order valence-corrected chi connectivity index (χ3v) is 47.9. The van der Waals surface area contributed by atoms with Gasteiger partial charge in [0.05, 0.1) is 0 Å². The van der Waals surface area contributed by atoms with E-state index in [0.717, 1.165) is 26.3 Å². The lowest BCUT2D eigenvalue weighted by Crippen LogP contribution is -2.99. The SMILES string of the molecule is c1ccc([SiH]2OC34O[Si]56O[Si]7(c8ccccc8)O[SiH2]O[Si]3(c3ccccc3)O[Si]4(c3ccccc3)O[Si](c3ccccc3)(O5)C6(c3ccccc3)O[Si](c3ccccc3)(O2)O7)cc1. The van der Waals surface area contributed by atoms with Crippen LogP contribution >= 0.6 is 0 Å². The van der Waals surface area contributed by atoms with Crippen LogP contribution in [0, 0.1) is 0 Å². The molecule has 6 aliphatic heterocycles. The lowest BCUT2D eigenvalue weighted by atomic mass is 10.2. The number of hydrogen-bond donors (Lipinski definition) is 0. The largest absolute Gasteiger partial charge is 0.526 e. The van der Waals surface area contributed by atoms with E-state index in [1.54, 1.807) is 0 Å². The first-order chi connectivity index (χ1) is 31.0. The third kappa shape index (κ3) is 5.11. The van der Waals surface area contributed by atoms with Crippen molar-refractivity contribution in [3.8, 4) is 0 Å². The highest BCUT2D eigenvalue weighted by atomic mass is 28.6. The van der Waals surface area contributed by atoms with E-state index < -0.39 is 81.3 Å². The highest BCUT2D eigenvalue weighted by molar-refractivity contribution is 7.22. The van der Waals surface area contributed by atoms with Gasteiger partial charge < -0.3 is 46.2 Å². The first-order valence-electron chi connectivity index (χ1n) is 20.9. The average molecular weight is 967 g/mol. The van der Waals surface area contributed by atoms with Gasteiger partial charge in [0.1, 0.15) is 0 Å². The summed E-state index contributed by atoms with van der Waals surface area (Å²) < 4.78 is 87.5. The Morgan fingerprint density at radius 1 is 0.381 bits per heavy atom. The average Bonchev–Trinajstić information content (AvgIpc) is 3.48. The Morgan fingerprint density at radius 2 is 0.841 bits per heavy atom. The van der Waals surface area contributed by atoms with Crippen LogP contribution in [-0.2, 0) is 51.0 Å². The lowest BCUT2D eigenvalue weighted by molar-refractivity contribution is -0.104. The van der Waals surface area contributed by atoms with Crippen molar-refractivity contribution in [2.24, 2.45) is 0 Å². The molecule has 0 N–H and O–H groups in total. The van der Waals surface area contributed by atoms with Crippen LogP contribution in [0.2, 0.25) is 0 Å². The lowest BCUT2D eigenvalue weighted by Gasteiger charge is -2.64. The Bertz CT molecular complexity index is 2830. The summed E-state index contributed by atoms with van der Waals surface area (Å²) in [4.78, 5) is -1.58. The Balaban J connectivity index is 1.25. The number of hydrogen-bond acceptors (Lipinski definition) is 11. The molecule has 6 saturated heterocycles. The molecule has 7 aromatic carbocycles. The van der Waals surface area contributed by atoms with E-state index >= 15 is 0 Å². The van der Waals surface area contributed by atoms with Crippen LogP contribution in [-0.4, -0.2) is 76.4 Å². The van der Waals surface area contributed by atoms with Gasteiger partial charge >= 0.3 is 61.4 Å². The van der Waals surface area contributed by atoms with E-state index in [2.05, 4.69) is 24.3 Å². The molecule has 9 atom stereocenters. The monoisotopic (exact) mass is 966 g/mol. The second kappa shape index (κ2) is 14.2. The van der Waals surface area contributed by atoms with E-state index in [-0.39, 0.29) is 0 Å². The predicted octanol–water partition coefficient (Wildman–Crippen LogP) is 1.81. The second-order valence-electron chi connectivity index (χ2n) is 16.1. The van der Waals surface area contributed by atoms with Gasteiger partial charge in [0, 0.05) is 10.4 Å². The highest BCUT2D eigenvalue weighted by Crippen LogP contribution is 2.68. The molecular formula is C44H38O11Si8. The van der Waals surface area contributed by atoms with Gasteiger partial charge in [-0.05, 0) is 26.3 Å². The van der Waals surface area contributed by atoms with Crippen molar-refractivity contribution in [1.29, 1.82) is 0 Å². The minimum Gasteiger partial charge on any atom is -0.414 e. The molecular weight excluding hydrogens is 929 g/mol. The fourth-order valence-electron chi connectivity index (χ4n) is 10.0. The van der Waals surface area contributed by atoms with Gasteiger partial charge in [-0.25, -0.2) is 0 Å². The molecule has 6 fully saturated rings. The number of rotatable bonds is 7. The van der Waals surface area contributed by atoms with Crippen LogP contribution in [0.1, 0.15) is 5.56 Å². The van der Waals surface area contributed by atoms with E-state index in [4.69, 9.17) is 46.2 Å². The first kappa shape index (κ1) is 39.2. The standard InChI is InChI=1S/C44H38O11Si8/c1-8-22-36(23-9-1)43-46-61(41-32-18-6-19-33-41)50-57(37-24-10-2-11-25-37)45-44-47-63(43)53-58(43,38-26-12-3-13-27-38)51-60(44,40-30-16-5-17-31-40)52-59(44,39-28-14-4-15-29-39)48-56-49-62(54-61,55-63)42-34-20-7-21-35-42/h1-35,57H,56H2. The van der Waals surface area contributed by atoms with Crippen LogP contribution in [0.5, 0.6) is 0 Å². The van der Waals surface area contributed by atoms with E-state index in [0.29, 0.717) is 10.4 Å². The van der Waals surface area contributed by atoms with Crippen molar-refractivity contribution in [1.82, 2.24) is 0 Å². The van der Waals surface area contributed by atoms with Gasteiger partial charge in [-0.3, -0.25) is 0 Å². The van der Waals surface area contributed by atoms with Crippen LogP contribution in [0.4, 0.5) is 0 Å². The van der Waals surface area contributed by atoms with E-state index in [9.17, 15) is 0 Å². The van der Waals surface area contributed by atoms with Crippen molar-refractivity contribution in [3.63, 3.8) is 0 Å². The molecule has 0 saturated carbocycles. The normalized spacial score (nSPS) is 37.5. The molecule has 19 heteroatoms. The topological polar surface area (TPSA) is 102 Å². The maximum atomic E-state index is 8.33. The summed E-state index contributed by atoms with van der Waals surface area (Å²) in [5.74, 6) is 0. The molecule has 0 aromatic heterocycles. The summed E-state index contributed by atoms with van der Waals surface area (Å²) in [6.45, 7) is 0. The maximum absolute atomic E-state index is 8.33. The van der Waals surface area contributed by atoms with E-state index in [1.807, 2.05) is 188 Å². The predicted molar refractivity (Wildman–Crippen MR) is 249 cm³/mol. The van der Waals surface area contributed by atoms with Crippen LogP contribution < -0.4 is 31.1 Å². The van der Waals surface area contributed by atoms with Crippen LogP contribution in [0.3, 0.4) is 0 Å². The summed E-state index contributed by atoms with van der Waals surface area (Å²) in [5, 5.41) is 2.93. The second-order valence-corrected chi connectivity index (χ2v) is 39.3. The van der Waals surface area contributed by atoms with Gasteiger partial charge in [0.2, 0.25) is 5.03 Å². The van der Waals surface area contributed by atoms with Crippen molar-refractivity contribution in [2.45, 2.75) is 9.88 Å². The fourth-order valence-corrected chi connectivity index (χ4v) is 57.0. The number of benzene rings is 7. The molecule has 312 valence electrons. The first-order valence-corrected chi connectivity index (χ1v) is 34.2. The maximum Gasteiger partial charge on any atom is 0.526 e. The molecule has 13 rings (SSSR count). The summed E-state index contributed by atoms with van der Waals surface area (Å²) in [6, 6.07) is 70.2. The third-order valence-electron chi connectivity index (χ3n) is 12.7. The molecule has 0 radical (unpaired) electrons. The summed E-state index contributed by atoms with van der Waals surface area (Å²) in [6.07, 6.45) is 0. The van der Waals surface area contributed by atoms with Gasteiger partial charge in [0.15, 0.2) is 4.85 Å². The Hall–Kier alpha value is -4.16. The van der Waals surface area contributed by atoms with E-state index in [1.165, 1.54) is 0 Å². The minimum absolute atomic E-state index is 0.703. The molecule has 5 bridgehead atoms. The molecule has 0 aliphatic carbocycles. The summed E-state index contributed by atoms with van der Waals surface area (Å²) in [7, 11) is -31.3. The van der Waals surface area contributed by atoms with Crippen molar-refractivity contribution < 1.29 is 46.2 Å². The quantitative estimate of drug-likeness (QED) is 0.219. The molecule has 6 heterocycles. The Morgan fingerprint density at radius 3 is 1.41 bits per heavy atom. The smallest absolute Gasteiger partial charge is 0.414 e. The van der Waals surface area contributed by atoms with Crippen molar-refractivity contribution in [3.05, 3.63) is 218 Å². The zero-order valence-corrected chi connectivity index (χ0v) is 42.1. The van der Waals surface area contributed by atoms with Gasteiger partial charge in [0.25, 0.3) is 10.0 Å². The zero-order chi connectivity index (χ0) is 41.9. The Labute approximate surface area is 374 Å². The van der Waals surface area contributed by atoms with Gasteiger partial charge in [-0.2, -0.15) is 0 Å². The molecule has 2 spiro atoms. The molecule has 6 aliphatic rings. The summed E-state index contributed by atoms with van der Waals surface area (Å²) in [5.41, 5.74) is 0.759. The molecule has 9 unspecified atom stereocenters. The minimum atomic E-state index is -4.61. The summed E-state index contributed by atoms with van der Waals surface area (Å²) >= 11 is 0. The molecule has 7 aromatic rings.